The molecule has 0 unspecified atom stereocenters. The number of hydrogen-bond acceptors (Lipinski definition) is 4. The van der Waals surface area contributed by atoms with Crippen LogP contribution in [0.2, 0.25) is 0 Å². The first-order valence-corrected chi connectivity index (χ1v) is 6.71. The SMILES string of the molecule is C[P+](O)(O)c1nc2ccccc2s1. The first-order chi connectivity index (χ1) is 6.07. The Morgan fingerprint density at radius 3 is 2.62 bits per heavy atom. The molecule has 1 aromatic carbocycles. The molecule has 3 nitrogen and oxygen atoms in total. The summed E-state index contributed by atoms with van der Waals surface area (Å²) in [7, 11) is -2.93. The fourth-order valence-electron chi connectivity index (χ4n) is 1.04. The number of nitrogens with zero attached hydrogens (tertiary/aromatic N) is 1. The second-order valence-electron chi connectivity index (χ2n) is 2.88. The number of para-hydroxylation sites is 1. The Labute approximate surface area is 80.2 Å². The van der Waals surface area contributed by atoms with Crippen molar-refractivity contribution < 1.29 is 9.79 Å². The van der Waals surface area contributed by atoms with Gasteiger partial charge < -0.3 is 0 Å². The highest BCUT2D eigenvalue weighted by molar-refractivity contribution is 7.77. The molecule has 0 saturated carbocycles. The second kappa shape index (κ2) is 3.00. The molecule has 0 bridgehead atoms. The Bertz CT molecular complexity index is 402. The summed E-state index contributed by atoms with van der Waals surface area (Å²) in [4.78, 5) is 23.0. The molecule has 0 amide bonds. The van der Waals surface area contributed by atoms with Gasteiger partial charge in [-0.15, -0.1) is 0 Å². The van der Waals surface area contributed by atoms with Crippen LogP contribution in [0.4, 0.5) is 0 Å². The van der Waals surface area contributed by atoms with Crippen LogP contribution in [0.15, 0.2) is 24.3 Å². The highest BCUT2D eigenvalue weighted by atomic mass is 32.1. The second-order valence-corrected chi connectivity index (χ2v) is 6.46. The zero-order valence-corrected chi connectivity index (χ0v) is 8.72. The molecule has 2 N–H and O–H groups in total. The van der Waals surface area contributed by atoms with E-state index < -0.39 is 7.72 Å². The van der Waals surface area contributed by atoms with Crippen LogP contribution in [-0.2, 0) is 0 Å². The summed E-state index contributed by atoms with van der Waals surface area (Å²) in [5, 5.41) is 0. The van der Waals surface area contributed by atoms with Crippen molar-refractivity contribution in [1.82, 2.24) is 4.98 Å². The van der Waals surface area contributed by atoms with Crippen molar-refractivity contribution in [2.45, 2.75) is 0 Å². The van der Waals surface area contributed by atoms with Crippen LogP contribution in [0.3, 0.4) is 0 Å². The molecule has 0 aliphatic heterocycles. The molecule has 0 aliphatic rings. The Kier molecular flexibility index (Phi) is 2.08. The monoisotopic (exact) mass is 214 g/mol. The Hall–Kier alpha value is -0.540. The highest BCUT2D eigenvalue weighted by Crippen LogP contribution is 2.45. The van der Waals surface area contributed by atoms with E-state index >= 15 is 0 Å². The zero-order chi connectivity index (χ0) is 9.47. The standard InChI is InChI=1S/C8H9NO2PS/c1-12(10,11)8-9-6-4-2-3-5-7(6)13-8/h2-5,10-11H,1H3/q+1. The summed E-state index contributed by atoms with van der Waals surface area (Å²) in [6.45, 7) is 1.42. The molecule has 13 heavy (non-hydrogen) atoms. The van der Waals surface area contributed by atoms with Crippen molar-refractivity contribution in [3.05, 3.63) is 24.3 Å². The van der Waals surface area contributed by atoms with Crippen LogP contribution < -0.4 is 4.75 Å². The van der Waals surface area contributed by atoms with Gasteiger partial charge in [0.05, 0.1) is 10.2 Å². The van der Waals surface area contributed by atoms with Crippen molar-refractivity contribution in [3.63, 3.8) is 0 Å². The van der Waals surface area contributed by atoms with E-state index in [-0.39, 0.29) is 0 Å². The summed E-state index contributed by atoms with van der Waals surface area (Å²) >= 11 is 1.34. The summed E-state index contributed by atoms with van der Waals surface area (Å²) in [5.41, 5.74) is 0.830. The molecule has 1 aromatic heterocycles. The molecule has 0 radical (unpaired) electrons. The third-order valence-corrected chi connectivity index (χ3v) is 4.62. The largest absolute Gasteiger partial charge is 0.327 e. The molecule has 2 aromatic rings. The summed E-state index contributed by atoms with van der Waals surface area (Å²) in [5.74, 6) is 0. The maximum absolute atomic E-state index is 9.40. The molecule has 2 rings (SSSR count). The summed E-state index contributed by atoms with van der Waals surface area (Å²) in [6, 6.07) is 7.59. The van der Waals surface area contributed by atoms with Crippen LogP contribution in [-0.4, -0.2) is 21.4 Å². The molecule has 0 fully saturated rings. The highest BCUT2D eigenvalue weighted by Gasteiger charge is 2.33. The molecule has 0 spiro atoms. The average molecular weight is 214 g/mol. The van der Waals surface area contributed by atoms with E-state index in [4.69, 9.17) is 0 Å². The van der Waals surface area contributed by atoms with Gasteiger partial charge in [-0.2, -0.15) is 4.98 Å². The van der Waals surface area contributed by atoms with Crippen molar-refractivity contribution in [1.29, 1.82) is 0 Å². The van der Waals surface area contributed by atoms with Crippen LogP contribution in [0.25, 0.3) is 10.2 Å². The van der Waals surface area contributed by atoms with Gasteiger partial charge in [-0.25, -0.2) is 9.79 Å². The fourth-order valence-corrected chi connectivity index (χ4v) is 3.03. The number of benzene rings is 1. The van der Waals surface area contributed by atoms with Gasteiger partial charge in [0.1, 0.15) is 6.66 Å². The van der Waals surface area contributed by atoms with Crippen molar-refractivity contribution in [2.75, 3.05) is 6.66 Å². The van der Waals surface area contributed by atoms with E-state index in [1.807, 2.05) is 24.3 Å². The Morgan fingerprint density at radius 2 is 2.00 bits per heavy atom. The van der Waals surface area contributed by atoms with Gasteiger partial charge in [-0.05, 0) is 12.1 Å². The van der Waals surface area contributed by atoms with Gasteiger partial charge in [0.15, 0.2) is 0 Å². The first kappa shape index (κ1) is 9.03. The lowest BCUT2D eigenvalue weighted by molar-refractivity contribution is 0.473. The van der Waals surface area contributed by atoms with E-state index in [0.29, 0.717) is 4.75 Å². The van der Waals surface area contributed by atoms with Gasteiger partial charge in [0, 0.05) is 0 Å². The van der Waals surface area contributed by atoms with Gasteiger partial charge in [-0.1, -0.05) is 23.5 Å². The molecule has 5 heteroatoms. The van der Waals surface area contributed by atoms with E-state index in [1.165, 1.54) is 18.0 Å². The van der Waals surface area contributed by atoms with Gasteiger partial charge in [0.25, 0.3) is 4.75 Å². The number of aromatic nitrogens is 1. The molecule has 0 atom stereocenters. The zero-order valence-electron chi connectivity index (χ0n) is 7.01. The fraction of sp³-hybridized carbons (Fsp3) is 0.125. The smallest absolute Gasteiger partial charge is 0.213 e. The van der Waals surface area contributed by atoms with Crippen LogP contribution in [0.1, 0.15) is 0 Å². The van der Waals surface area contributed by atoms with Crippen LogP contribution >= 0.6 is 19.1 Å². The van der Waals surface area contributed by atoms with Crippen molar-refractivity contribution >= 4 is 34.0 Å². The van der Waals surface area contributed by atoms with Gasteiger partial charge in [0.2, 0.25) is 0 Å². The predicted octanol–water partition coefficient (Wildman–Crippen LogP) is 1.38. The van der Waals surface area contributed by atoms with E-state index in [0.717, 1.165) is 10.2 Å². The summed E-state index contributed by atoms with van der Waals surface area (Å²) < 4.78 is 1.43. The third kappa shape index (κ3) is 1.71. The number of hydrogen-bond donors (Lipinski definition) is 2. The Morgan fingerprint density at radius 1 is 1.31 bits per heavy atom. The molecule has 68 valence electrons. The number of rotatable bonds is 1. The maximum Gasteiger partial charge on any atom is 0.327 e. The van der Waals surface area contributed by atoms with Gasteiger partial charge in [-0.3, -0.25) is 0 Å². The van der Waals surface area contributed by atoms with Crippen LogP contribution in [0, 0.1) is 0 Å². The lowest BCUT2D eigenvalue weighted by Gasteiger charge is -1.98. The molecule has 0 saturated heterocycles. The van der Waals surface area contributed by atoms with E-state index in [1.54, 1.807) is 0 Å². The normalized spacial score (nSPS) is 12.2. The van der Waals surface area contributed by atoms with E-state index in [9.17, 15) is 9.79 Å². The summed E-state index contributed by atoms with van der Waals surface area (Å²) in [6.07, 6.45) is 0. The first-order valence-electron chi connectivity index (χ1n) is 3.75. The number of thiazole rings is 1. The average Bonchev–Trinajstić information content (AvgIpc) is 2.45. The topological polar surface area (TPSA) is 53.4 Å². The lowest BCUT2D eigenvalue weighted by atomic mass is 10.3. The quantitative estimate of drug-likeness (QED) is 0.705. The van der Waals surface area contributed by atoms with Gasteiger partial charge >= 0.3 is 7.72 Å². The number of fused-ring (bicyclic) bond motifs is 1. The molecule has 1 heterocycles. The third-order valence-electron chi connectivity index (χ3n) is 1.64. The minimum absolute atomic E-state index is 0.439. The minimum Gasteiger partial charge on any atom is -0.213 e. The lowest BCUT2D eigenvalue weighted by Crippen LogP contribution is -2.06. The van der Waals surface area contributed by atoms with Crippen molar-refractivity contribution in [3.8, 4) is 0 Å². The van der Waals surface area contributed by atoms with Crippen LogP contribution in [0.5, 0.6) is 0 Å². The predicted molar refractivity (Wildman–Crippen MR) is 56.5 cm³/mol. The minimum atomic E-state index is -2.93. The van der Waals surface area contributed by atoms with E-state index in [2.05, 4.69) is 4.98 Å². The molecular formula is C8H9NO2PS+. The molecular weight excluding hydrogens is 205 g/mol. The Balaban J connectivity index is 2.63. The van der Waals surface area contributed by atoms with Crippen molar-refractivity contribution in [2.24, 2.45) is 0 Å². The molecule has 0 aliphatic carbocycles. The maximum atomic E-state index is 9.40.